The first-order valence-corrected chi connectivity index (χ1v) is 7.03. The van der Waals surface area contributed by atoms with Crippen molar-refractivity contribution >= 4 is 15.6 Å². The molecule has 2 N–H and O–H groups in total. The molecule has 5 nitrogen and oxygen atoms in total. The number of sulfone groups is 1. The molecule has 2 rings (SSSR count). The summed E-state index contributed by atoms with van der Waals surface area (Å²) in [6, 6.07) is 6.72. The first kappa shape index (κ1) is 12.1. The molecule has 92 valence electrons. The number of hydrogen-bond donors (Lipinski definition) is 1. The van der Waals surface area contributed by atoms with Crippen molar-refractivity contribution in [3.63, 3.8) is 0 Å². The predicted octanol–water partition coefficient (Wildman–Crippen LogP) is 0.00380. The molecule has 1 fully saturated rings. The normalized spacial score (nSPS) is 18.4. The van der Waals surface area contributed by atoms with Crippen LogP contribution in [0.4, 0.5) is 0 Å². The minimum Gasteiger partial charge on any atom is -0.488 e. The highest BCUT2D eigenvalue weighted by Gasteiger charge is 2.35. The number of nitrogens with two attached hydrogens (primary N) is 1. The number of benzene rings is 1. The standard InChI is InChI=1S/C11H13NO4S/c12-5-10(13)9-3-1-2-4-11(9)16-8-6-17(14,15)7-8/h1-4,8H,5-7,12H2. The summed E-state index contributed by atoms with van der Waals surface area (Å²) in [5.74, 6) is 0.210. The smallest absolute Gasteiger partial charge is 0.180 e. The van der Waals surface area contributed by atoms with Crippen LogP contribution in [-0.4, -0.2) is 38.4 Å². The molecule has 1 aliphatic rings. The van der Waals surface area contributed by atoms with E-state index in [2.05, 4.69) is 0 Å². The van der Waals surface area contributed by atoms with Crippen molar-refractivity contribution in [1.82, 2.24) is 0 Å². The average Bonchev–Trinajstić information content (AvgIpc) is 2.26. The Hall–Kier alpha value is -1.40. The maximum Gasteiger partial charge on any atom is 0.180 e. The van der Waals surface area contributed by atoms with E-state index in [0.717, 1.165) is 0 Å². The Labute approximate surface area is 99.5 Å². The van der Waals surface area contributed by atoms with Crippen molar-refractivity contribution < 1.29 is 17.9 Å². The van der Waals surface area contributed by atoms with Gasteiger partial charge in [-0.1, -0.05) is 12.1 Å². The van der Waals surface area contributed by atoms with Gasteiger partial charge in [0.15, 0.2) is 15.6 Å². The predicted molar refractivity (Wildman–Crippen MR) is 62.9 cm³/mol. The maximum absolute atomic E-state index is 11.5. The topological polar surface area (TPSA) is 86.5 Å². The largest absolute Gasteiger partial charge is 0.488 e. The van der Waals surface area contributed by atoms with E-state index in [1.165, 1.54) is 0 Å². The van der Waals surface area contributed by atoms with Crippen LogP contribution < -0.4 is 10.5 Å². The molecule has 0 aliphatic carbocycles. The highest BCUT2D eigenvalue weighted by molar-refractivity contribution is 7.92. The Morgan fingerprint density at radius 2 is 2.00 bits per heavy atom. The maximum atomic E-state index is 11.5. The third-order valence-corrected chi connectivity index (χ3v) is 4.31. The quantitative estimate of drug-likeness (QED) is 0.765. The number of rotatable bonds is 4. The van der Waals surface area contributed by atoms with Gasteiger partial charge in [-0.05, 0) is 12.1 Å². The van der Waals surface area contributed by atoms with Gasteiger partial charge in [-0.15, -0.1) is 0 Å². The summed E-state index contributed by atoms with van der Waals surface area (Å²) < 4.78 is 27.5. The van der Waals surface area contributed by atoms with Crippen LogP contribution in [0.1, 0.15) is 10.4 Å². The lowest BCUT2D eigenvalue weighted by Gasteiger charge is -2.27. The molecule has 1 saturated heterocycles. The van der Waals surface area contributed by atoms with Gasteiger partial charge in [0.25, 0.3) is 0 Å². The summed E-state index contributed by atoms with van der Waals surface area (Å²) in [7, 11) is -2.92. The van der Waals surface area contributed by atoms with Crippen LogP contribution in [0.25, 0.3) is 0 Å². The lowest BCUT2D eigenvalue weighted by atomic mass is 10.1. The summed E-state index contributed by atoms with van der Waals surface area (Å²) in [4.78, 5) is 11.5. The number of Topliss-reactive ketones (excluding diaryl/α,β-unsaturated/α-hetero) is 1. The van der Waals surface area contributed by atoms with Crippen LogP contribution in [0.5, 0.6) is 5.75 Å². The van der Waals surface area contributed by atoms with Crippen LogP contribution in [0.3, 0.4) is 0 Å². The summed E-state index contributed by atoms with van der Waals surface area (Å²) in [5.41, 5.74) is 5.69. The summed E-state index contributed by atoms with van der Waals surface area (Å²) >= 11 is 0. The Morgan fingerprint density at radius 1 is 1.35 bits per heavy atom. The van der Waals surface area contributed by atoms with Gasteiger partial charge in [0, 0.05) is 0 Å². The third-order valence-electron chi connectivity index (χ3n) is 2.55. The number of carbonyl (C=O) groups is 1. The van der Waals surface area contributed by atoms with Crippen molar-refractivity contribution in [3.8, 4) is 5.75 Å². The van der Waals surface area contributed by atoms with Gasteiger partial charge in [-0.25, -0.2) is 8.42 Å². The molecule has 6 heteroatoms. The van der Waals surface area contributed by atoms with Crippen LogP contribution in [-0.2, 0) is 9.84 Å². The van der Waals surface area contributed by atoms with Crippen molar-refractivity contribution in [2.24, 2.45) is 5.73 Å². The van der Waals surface area contributed by atoms with Crippen LogP contribution in [0.15, 0.2) is 24.3 Å². The van der Waals surface area contributed by atoms with Gasteiger partial charge >= 0.3 is 0 Å². The molecule has 1 heterocycles. The van der Waals surface area contributed by atoms with Gasteiger partial charge in [0.1, 0.15) is 11.9 Å². The minimum absolute atomic E-state index is 0.0121. The molecule has 0 amide bonds. The van der Waals surface area contributed by atoms with E-state index < -0.39 is 9.84 Å². The average molecular weight is 255 g/mol. The highest BCUT2D eigenvalue weighted by atomic mass is 32.2. The first-order valence-electron chi connectivity index (χ1n) is 5.21. The molecular formula is C11H13NO4S. The Kier molecular flexibility index (Phi) is 3.17. The van der Waals surface area contributed by atoms with Crippen molar-refractivity contribution in [2.45, 2.75) is 6.10 Å². The Morgan fingerprint density at radius 3 is 2.59 bits per heavy atom. The van der Waals surface area contributed by atoms with E-state index in [0.29, 0.717) is 11.3 Å². The van der Waals surface area contributed by atoms with Gasteiger partial charge < -0.3 is 10.5 Å². The van der Waals surface area contributed by atoms with Crippen molar-refractivity contribution in [3.05, 3.63) is 29.8 Å². The molecular weight excluding hydrogens is 242 g/mol. The van der Waals surface area contributed by atoms with E-state index >= 15 is 0 Å². The van der Waals surface area contributed by atoms with Crippen molar-refractivity contribution in [2.75, 3.05) is 18.1 Å². The van der Waals surface area contributed by atoms with E-state index in [9.17, 15) is 13.2 Å². The molecule has 0 unspecified atom stereocenters. The molecule has 1 aromatic carbocycles. The zero-order valence-corrected chi connectivity index (χ0v) is 9.94. The van der Waals surface area contributed by atoms with Gasteiger partial charge in [-0.2, -0.15) is 0 Å². The fourth-order valence-electron chi connectivity index (χ4n) is 1.67. The lowest BCUT2D eigenvalue weighted by Crippen LogP contribution is -2.45. The summed E-state index contributed by atoms with van der Waals surface area (Å²) in [6.45, 7) is -0.0939. The number of ketones is 1. The van der Waals surface area contributed by atoms with Gasteiger partial charge in [0.2, 0.25) is 0 Å². The molecule has 0 aromatic heterocycles. The number of carbonyl (C=O) groups excluding carboxylic acids is 1. The van der Waals surface area contributed by atoms with Crippen LogP contribution in [0, 0.1) is 0 Å². The first-order chi connectivity index (χ1) is 8.02. The molecule has 1 aliphatic heterocycles. The van der Waals surface area contributed by atoms with E-state index in [1.807, 2.05) is 0 Å². The third kappa shape index (κ3) is 2.65. The Bertz CT molecular complexity index is 526. The fraction of sp³-hybridized carbons (Fsp3) is 0.364. The molecule has 0 bridgehead atoms. The molecule has 0 spiro atoms. The number of hydrogen-bond acceptors (Lipinski definition) is 5. The zero-order valence-electron chi connectivity index (χ0n) is 9.13. The van der Waals surface area contributed by atoms with E-state index in [-0.39, 0.29) is 29.9 Å². The number of ether oxygens (including phenoxy) is 1. The number of para-hydroxylation sites is 1. The van der Waals surface area contributed by atoms with Crippen LogP contribution in [0.2, 0.25) is 0 Å². The zero-order chi connectivity index (χ0) is 12.5. The molecule has 17 heavy (non-hydrogen) atoms. The molecule has 0 saturated carbocycles. The van der Waals surface area contributed by atoms with Gasteiger partial charge in [0.05, 0.1) is 23.6 Å². The molecule has 1 aromatic rings. The van der Waals surface area contributed by atoms with Crippen molar-refractivity contribution in [1.29, 1.82) is 0 Å². The summed E-state index contributed by atoms with van der Waals surface area (Å²) in [5, 5.41) is 0. The van der Waals surface area contributed by atoms with Gasteiger partial charge in [-0.3, -0.25) is 4.79 Å². The molecule has 0 atom stereocenters. The second kappa shape index (κ2) is 4.46. The molecule has 0 radical (unpaired) electrons. The minimum atomic E-state index is -2.92. The second-order valence-electron chi connectivity index (χ2n) is 3.94. The Balaban J connectivity index is 2.14. The monoisotopic (exact) mass is 255 g/mol. The van der Waals surface area contributed by atoms with E-state index in [1.54, 1.807) is 24.3 Å². The van der Waals surface area contributed by atoms with Crippen LogP contribution >= 0.6 is 0 Å². The SMILES string of the molecule is NCC(=O)c1ccccc1OC1CS(=O)(=O)C1. The second-order valence-corrected chi connectivity index (χ2v) is 6.09. The summed E-state index contributed by atoms with van der Waals surface area (Å²) in [6.07, 6.45) is -0.355. The fourth-order valence-corrected chi connectivity index (χ4v) is 2.85. The van der Waals surface area contributed by atoms with E-state index in [4.69, 9.17) is 10.5 Å². The lowest BCUT2D eigenvalue weighted by molar-refractivity contribution is 0.0995. The highest BCUT2D eigenvalue weighted by Crippen LogP contribution is 2.23.